The molecule has 0 fully saturated rings. The third-order valence-corrected chi connectivity index (χ3v) is 3.90. The third kappa shape index (κ3) is 3.73. The van der Waals surface area contributed by atoms with E-state index in [0.29, 0.717) is 17.0 Å². The molecule has 7 heteroatoms. The number of hydrogen-bond donors (Lipinski definition) is 2. The minimum atomic E-state index is -0.684. The largest absolute Gasteiger partial charge is 0.399 e. The van der Waals surface area contributed by atoms with Gasteiger partial charge in [0.05, 0.1) is 4.92 Å². The average Bonchev–Trinajstić information content (AvgIpc) is 2.46. The Kier molecular flexibility index (Phi) is 4.44. The number of amides is 1. The SMILES string of the molecule is NC(=O)c1ccc(CSc2ccc(N)cc2)c([N+](=O)[O-])c1. The van der Waals surface area contributed by atoms with Crippen molar-refractivity contribution in [2.45, 2.75) is 10.6 Å². The Morgan fingerprint density at radius 3 is 2.43 bits per heavy atom. The molecule has 0 aliphatic heterocycles. The van der Waals surface area contributed by atoms with Crippen molar-refractivity contribution in [2.75, 3.05) is 5.73 Å². The highest BCUT2D eigenvalue weighted by atomic mass is 32.2. The van der Waals surface area contributed by atoms with E-state index in [4.69, 9.17) is 11.5 Å². The Morgan fingerprint density at radius 2 is 1.86 bits per heavy atom. The van der Waals surface area contributed by atoms with E-state index in [1.807, 2.05) is 12.1 Å². The number of nitrogen functional groups attached to an aromatic ring is 1. The summed E-state index contributed by atoms with van der Waals surface area (Å²) in [5.74, 6) is -0.268. The molecule has 0 atom stereocenters. The number of nitro groups is 1. The lowest BCUT2D eigenvalue weighted by atomic mass is 10.1. The highest BCUT2D eigenvalue weighted by molar-refractivity contribution is 7.98. The number of rotatable bonds is 5. The van der Waals surface area contributed by atoms with Gasteiger partial charge >= 0.3 is 0 Å². The van der Waals surface area contributed by atoms with E-state index in [9.17, 15) is 14.9 Å². The van der Waals surface area contributed by atoms with Crippen LogP contribution in [0.2, 0.25) is 0 Å². The van der Waals surface area contributed by atoms with Gasteiger partial charge in [0.25, 0.3) is 5.69 Å². The first-order valence-electron chi connectivity index (χ1n) is 6.03. The van der Waals surface area contributed by atoms with Crippen LogP contribution in [-0.4, -0.2) is 10.8 Å². The summed E-state index contributed by atoms with van der Waals surface area (Å²) < 4.78 is 0. The van der Waals surface area contributed by atoms with E-state index < -0.39 is 10.8 Å². The zero-order valence-corrected chi connectivity index (χ0v) is 11.8. The summed E-state index contributed by atoms with van der Waals surface area (Å²) in [6.45, 7) is 0. The predicted molar refractivity (Wildman–Crippen MR) is 82.0 cm³/mol. The van der Waals surface area contributed by atoms with Gasteiger partial charge in [-0.2, -0.15) is 0 Å². The Labute approximate surface area is 125 Å². The summed E-state index contributed by atoms with van der Waals surface area (Å²) in [7, 11) is 0. The molecular formula is C14H13N3O3S. The van der Waals surface area contributed by atoms with E-state index in [-0.39, 0.29) is 11.3 Å². The van der Waals surface area contributed by atoms with Gasteiger partial charge in [0, 0.05) is 33.5 Å². The molecule has 2 aromatic carbocycles. The van der Waals surface area contributed by atoms with Crippen LogP contribution in [0, 0.1) is 10.1 Å². The lowest BCUT2D eigenvalue weighted by Crippen LogP contribution is -2.11. The van der Waals surface area contributed by atoms with E-state index in [0.717, 1.165) is 4.90 Å². The van der Waals surface area contributed by atoms with Crippen molar-refractivity contribution in [3.8, 4) is 0 Å². The van der Waals surface area contributed by atoms with E-state index in [1.54, 1.807) is 18.2 Å². The fraction of sp³-hybridized carbons (Fsp3) is 0.0714. The number of benzene rings is 2. The molecule has 6 nitrogen and oxygen atoms in total. The highest BCUT2D eigenvalue weighted by Gasteiger charge is 2.16. The molecule has 2 aromatic rings. The zero-order chi connectivity index (χ0) is 15.4. The summed E-state index contributed by atoms with van der Waals surface area (Å²) in [5, 5.41) is 11.1. The number of nitrogens with zero attached hydrogens (tertiary/aromatic N) is 1. The molecule has 0 aliphatic carbocycles. The molecule has 0 aromatic heterocycles. The summed E-state index contributed by atoms with van der Waals surface area (Å²) in [4.78, 5) is 22.6. The van der Waals surface area contributed by atoms with Gasteiger partial charge in [-0.15, -0.1) is 11.8 Å². The molecule has 0 saturated heterocycles. The molecule has 1 amide bonds. The standard InChI is InChI=1S/C14H13N3O3S/c15-11-3-5-12(6-4-11)21-8-10-2-1-9(14(16)18)7-13(10)17(19)20/h1-7H,8,15H2,(H2,16,18). The first-order chi connectivity index (χ1) is 9.97. The van der Waals surface area contributed by atoms with Crippen LogP contribution in [0.25, 0.3) is 0 Å². The van der Waals surface area contributed by atoms with E-state index in [1.165, 1.54) is 23.9 Å². The normalized spacial score (nSPS) is 10.3. The Bertz CT molecular complexity index is 686. The second kappa shape index (κ2) is 6.27. The minimum absolute atomic E-state index is 0.103. The number of thioether (sulfide) groups is 1. The second-order valence-electron chi connectivity index (χ2n) is 4.32. The maximum Gasteiger partial charge on any atom is 0.274 e. The quantitative estimate of drug-likeness (QED) is 0.381. The Balaban J connectivity index is 2.21. The fourth-order valence-corrected chi connectivity index (χ4v) is 2.63. The van der Waals surface area contributed by atoms with Crippen LogP contribution in [-0.2, 0) is 5.75 Å². The summed E-state index contributed by atoms with van der Waals surface area (Å²) in [6.07, 6.45) is 0. The van der Waals surface area contributed by atoms with E-state index >= 15 is 0 Å². The number of nitrogens with two attached hydrogens (primary N) is 2. The van der Waals surface area contributed by atoms with Crippen molar-refractivity contribution in [3.63, 3.8) is 0 Å². The molecule has 2 rings (SSSR count). The molecule has 0 heterocycles. The van der Waals surface area contributed by atoms with Gasteiger partial charge in [0.15, 0.2) is 0 Å². The molecule has 108 valence electrons. The van der Waals surface area contributed by atoms with E-state index in [2.05, 4.69) is 0 Å². The molecule has 0 unspecified atom stereocenters. The minimum Gasteiger partial charge on any atom is -0.399 e. The van der Waals surface area contributed by atoms with Gasteiger partial charge in [-0.1, -0.05) is 6.07 Å². The lowest BCUT2D eigenvalue weighted by molar-refractivity contribution is -0.385. The van der Waals surface area contributed by atoms with Crippen molar-refractivity contribution < 1.29 is 9.72 Å². The number of primary amides is 1. The molecule has 0 bridgehead atoms. The van der Waals surface area contributed by atoms with Crippen LogP contribution in [0.5, 0.6) is 0 Å². The van der Waals surface area contributed by atoms with Gasteiger partial charge in [-0.3, -0.25) is 14.9 Å². The van der Waals surface area contributed by atoms with Gasteiger partial charge in [0.2, 0.25) is 5.91 Å². The third-order valence-electron chi connectivity index (χ3n) is 2.84. The summed E-state index contributed by atoms with van der Waals surface area (Å²) in [5.41, 5.74) is 12.0. The summed E-state index contributed by atoms with van der Waals surface area (Å²) in [6, 6.07) is 11.5. The number of anilines is 1. The zero-order valence-electron chi connectivity index (χ0n) is 11.0. The predicted octanol–water partition coefficient (Wildman–Crippen LogP) is 2.57. The molecule has 0 saturated carbocycles. The van der Waals surface area contributed by atoms with Crippen molar-refractivity contribution in [1.82, 2.24) is 0 Å². The second-order valence-corrected chi connectivity index (χ2v) is 5.37. The first kappa shape index (κ1) is 14.9. The van der Waals surface area contributed by atoms with Gasteiger partial charge in [0.1, 0.15) is 0 Å². The maximum absolute atomic E-state index is 11.1. The van der Waals surface area contributed by atoms with Crippen LogP contribution in [0.4, 0.5) is 11.4 Å². The molecule has 21 heavy (non-hydrogen) atoms. The molecule has 0 radical (unpaired) electrons. The monoisotopic (exact) mass is 303 g/mol. The molecule has 0 aliphatic rings. The van der Waals surface area contributed by atoms with Crippen molar-refractivity contribution >= 4 is 29.0 Å². The van der Waals surface area contributed by atoms with Crippen LogP contribution < -0.4 is 11.5 Å². The summed E-state index contributed by atoms with van der Waals surface area (Å²) >= 11 is 1.45. The number of carbonyl (C=O) groups excluding carboxylic acids is 1. The van der Waals surface area contributed by atoms with Gasteiger partial charge in [-0.25, -0.2) is 0 Å². The highest BCUT2D eigenvalue weighted by Crippen LogP contribution is 2.29. The fourth-order valence-electron chi connectivity index (χ4n) is 1.73. The average molecular weight is 303 g/mol. The molecular weight excluding hydrogens is 290 g/mol. The number of nitro benzene ring substituents is 1. The van der Waals surface area contributed by atoms with Crippen molar-refractivity contribution in [2.24, 2.45) is 5.73 Å². The molecule has 4 N–H and O–H groups in total. The Hall–Kier alpha value is -2.54. The Morgan fingerprint density at radius 1 is 1.19 bits per heavy atom. The van der Waals surface area contributed by atoms with Crippen LogP contribution in [0.15, 0.2) is 47.4 Å². The van der Waals surface area contributed by atoms with Crippen LogP contribution in [0.1, 0.15) is 15.9 Å². The van der Waals surface area contributed by atoms with Crippen molar-refractivity contribution in [3.05, 3.63) is 63.7 Å². The number of carbonyl (C=O) groups is 1. The smallest absolute Gasteiger partial charge is 0.274 e. The van der Waals surface area contributed by atoms with Gasteiger partial charge < -0.3 is 11.5 Å². The number of hydrogen-bond acceptors (Lipinski definition) is 5. The van der Waals surface area contributed by atoms with Gasteiger partial charge in [-0.05, 0) is 30.3 Å². The van der Waals surface area contributed by atoms with Crippen molar-refractivity contribution in [1.29, 1.82) is 0 Å². The molecule has 0 spiro atoms. The van der Waals surface area contributed by atoms with Crippen LogP contribution in [0.3, 0.4) is 0 Å². The van der Waals surface area contributed by atoms with Crippen LogP contribution >= 0.6 is 11.8 Å². The topological polar surface area (TPSA) is 112 Å². The lowest BCUT2D eigenvalue weighted by Gasteiger charge is -2.05. The maximum atomic E-state index is 11.1. The first-order valence-corrected chi connectivity index (χ1v) is 7.01.